The van der Waals surface area contributed by atoms with Gasteiger partial charge in [0.15, 0.2) is 23.0 Å². The molecule has 0 saturated heterocycles. The molecule has 0 spiro atoms. The van der Waals surface area contributed by atoms with Crippen molar-refractivity contribution in [2.75, 3.05) is 20.8 Å². The number of aliphatic hydroxyl groups is 3. The predicted molar refractivity (Wildman–Crippen MR) is 149 cm³/mol. The molecule has 0 bridgehead atoms. The van der Waals surface area contributed by atoms with Crippen LogP contribution in [0.5, 0.6) is 11.5 Å². The number of aliphatic hydroxyl groups excluding tert-OH is 1. The highest BCUT2D eigenvalue weighted by molar-refractivity contribution is 6.22. The van der Waals surface area contributed by atoms with Gasteiger partial charge in [-0.15, -0.1) is 0 Å². The number of ketones is 3. The van der Waals surface area contributed by atoms with Gasteiger partial charge in [-0.3, -0.25) is 14.4 Å². The second-order valence-corrected chi connectivity index (χ2v) is 9.28. The van der Waals surface area contributed by atoms with Crippen molar-refractivity contribution < 1.29 is 39.2 Å². The first-order valence-electron chi connectivity index (χ1n) is 12.9. The first-order chi connectivity index (χ1) is 18.6. The number of unbranched alkanes of at least 4 members (excludes halogenated alkanes) is 1. The minimum atomic E-state index is -3.22. The Morgan fingerprint density at radius 3 is 1.67 bits per heavy atom. The summed E-state index contributed by atoms with van der Waals surface area (Å²) in [6, 6.07) is 13.3. The van der Waals surface area contributed by atoms with E-state index < -0.39 is 41.1 Å². The molecule has 2 rings (SSSR count). The van der Waals surface area contributed by atoms with Gasteiger partial charge in [0.1, 0.15) is 11.5 Å². The van der Waals surface area contributed by atoms with Crippen LogP contribution in [-0.2, 0) is 14.4 Å². The number of benzene rings is 2. The van der Waals surface area contributed by atoms with Crippen LogP contribution in [0.4, 0.5) is 0 Å². The summed E-state index contributed by atoms with van der Waals surface area (Å²) in [5.74, 6) is -3.03. The van der Waals surface area contributed by atoms with Crippen LogP contribution in [0, 0.1) is 5.92 Å². The van der Waals surface area contributed by atoms with Crippen LogP contribution in [0.15, 0.2) is 60.7 Å². The number of hydrogen-bond donors (Lipinski definition) is 3. The van der Waals surface area contributed by atoms with Crippen molar-refractivity contribution in [2.24, 2.45) is 5.92 Å². The molecule has 0 aliphatic rings. The zero-order valence-corrected chi connectivity index (χ0v) is 22.9. The van der Waals surface area contributed by atoms with Gasteiger partial charge in [-0.1, -0.05) is 63.1 Å². The van der Waals surface area contributed by atoms with E-state index in [1.165, 1.54) is 26.4 Å². The van der Waals surface area contributed by atoms with Gasteiger partial charge >= 0.3 is 0 Å². The SMILES string of the molecule is CCCCC(CC)C(=O)C(O)(C(=O)/C=C/c1ccc(OC)cc1)C(O)(CO)C(=O)/C=C/c1ccc(OC)cc1. The van der Waals surface area contributed by atoms with E-state index in [0.717, 1.165) is 18.6 Å². The standard InChI is InChI=1S/C31H38O8/c1-5-7-8-24(6-2)29(35)31(37,28(34)20-14-23-11-17-26(39-4)18-12-23)30(36,21-32)27(33)19-13-22-9-15-25(38-3)16-10-22/h9-20,24,32,36-37H,5-8,21H2,1-4H3/b19-13+,20-14+. The molecule has 3 N–H and O–H groups in total. The Morgan fingerprint density at radius 2 is 1.28 bits per heavy atom. The summed E-state index contributed by atoms with van der Waals surface area (Å²) < 4.78 is 10.2. The molecule has 0 amide bonds. The van der Waals surface area contributed by atoms with Gasteiger partial charge in [0.2, 0.25) is 5.60 Å². The molecule has 39 heavy (non-hydrogen) atoms. The highest BCUT2D eigenvalue weighted by Crippen LogP contribution is 2.33. The lowest BCUT2D eigenvalue weighted by Crippen LogP contribution is -2.70. The number of methoxy groups -OCH3 is 2. The van der Waals surface area contributed by atoms with E-state index in [0.29, 0.717) is 35.5 Å². The molecular weight excluding hydrogens is 500 g/mol. The molecule has 2 aromatic carbocycles. The van der Waals surface area contributed by atoms with E-state index in [1.54, 1.807) is 55.5 Å². The summed E-state index contributed by atoms with van der Waals surface area (Å²) in [4.78, 5) is 40.5. The fourth-order valence-corrected chi connectivity index (χ4v) is 4.20. The van der Waals surface area contributed by atoms with Gasteiger partial charge < -0.3 is 24.8 Å². The third-order valence-corrected chi connectivity index (χ3v) is 6.80. The highest BCUT2D eigenvalue weighted by Gasteiger charge is 2.63. The fraction of sp³-hybridized carbons (Fsp3) is 0.387. The summed E-state index contributed by atoms with van der Waals surface area (Å²) in [6.07, 6.45) is 6.59. The Kier molecular flexibility index (Phi) is 11.8. The Morgan fingerprint density at radius 1 is 0.821 bits per heavy atom. The summed E-state index contributed by atoms with van der Waals surface area (Å²) in [6.45, 7) is 2.30. The van der Waals surface area contributed by atoms with E-state index in [9.17, 15) is 29.7 Å². The molecule has 0 aliphatic heterocycles. The molecule has 8 heteroatoms. The Bertz CT molecular complexity index is 1170. The molecule has 0 saturated carbocycles. The lowest BCUT2D eigenvalue weighted by molar-refractivity contribution is -0.191. The van der Waals surface area contributed by atoms with Crippen LogP contribution in [-0.4, -0.2) is 64.7 Å². The smallest absolute Gasteiger partial charge is 0.224 e. The largest absolute Gasteiger partial charge is 0.497 e. The van der Waals surface area contributed by atoms with E-state index >= 15 is 0 Å². The third-order valence-electron chi connectivity index (χ3n) is 6.80. The normalized spacial score (nSPS) is 15.5. The molecule has 3 atom stereocenters. The van der Waals surface area contributed by atoms with Crippen LogP contribution >= 0.6 is 0 Å². The molecule has 0 radical (unpaired) electrons. The lowest BCUT2D eigenvalue weighted by Gasteiger charge is -2.39. The Balaban J connectivity index is 2.53. The van der Waals surface area contributed by atoms with Crippen LogP contribution < -0.4 is 9.47 Å². The molecule has 0 aromatic heterocycles. The molecule has 0 heterocycles. The minimum Gasteiger partial charge on any atom is -0.497 e. The number of carbonyl (C=O) groups excluding carboxylic acids is 3. The van der Waals surface area contributed by atoms with Crippen LogP contribution in [0.2, 0.25) is 0 Å². The molecule has 0 fully saturated rings. The first-order valence-corrected chi connectivity index (χ1v) is 12.9. The van der Waals surface area contributed by atoms with E-state index in [4.69, 9.17) is 9.47 Å². The van der Waals surface area contributed by atoms with Gasteiger partial charge in [0, 0.05) is 5.92 Å². The summed E-state index contributed by atoms with van der Waals surface area (Å²) in [7, 11) is 3.02. The molecule has 0 aliphatic carbocycles. The zero-order chi connectivity index (χ0) is 29.1. The van der Waals surface area contributed by atoms with Crippen LogP contribution in [0.25, 0.3) is 12.2 Å². The Hall–Kier alpha value is -3.59. The Labute approximate surface area is 229 Å². The van der Waals surface area contributed by atoms with Gasteiger partial charge in [0.25, 0.3) is 0 Å². The summed E-state index contributed by atoms with van der Waals surface area (Å²) in [5.41, 5.74) is -5.23. The average Bonchev–Trinajstić information content (AvgIpc) is 2.98. The highest BCUT2D eigenvalue weighted by atomic mass is 16.5. The molecule has 2 aromatic rings. The number of carbonyl (C=O) groups is 3. The molecule has 210 valence electrons. The number of ether oxygens (including phenoxy) is 2. The van der Waals surface area contributed by atoms with E-state index in [-0.39, 0.29) is 6.42 Å². The number of rotatable bonds is 16. The molecular formula is C31H38O8. The second-order valence-electron chi connectivity index (χ2n) is 9.28. The average molecular weight is 539 g/mol. The van der Waals surface area contributed by atoms with Crippen LogP contribution in [0.1, 0.15) is 50.7 Å². The van der Waals surface area contributed by atoms with Gasteiger partial charge in [-0.05, 0) is 60.4 Å². The maximum atomic E-state index is 13.7. The van der Waals surface area contributed by atoms with Gasteiger partial charge in [-0.25, -0.2) is 0 Å². The number of Topliss-reactive ketones (excluding diaryl/α,β-unsaturated/α-hetero) is 1. The fourth-order valence-electron chi connectivity index (χ4n) is 4.20. The maximum absolute atomic E-state index is 13.7. The summed E-state index contributed by atoms with van der Waals surface area (Å²) >= 11 is 0. The van der Waals surface area contributed by atoms with Crippen molar-refractivity contribution in [1.29, 1.82) is 0 Å². The molecule has 3 unspecified atom stereocenters. The topological polar surface area (TPSA) is 130 Å². The minimum absolute atomic E-state index is 0.272. The first kappa shape index (κ1) is 31.6. The van der Waals surface area contributed by atoms with E-state index in [2.05, 4.69) is 0 Å². The predicted octanol–water partition coefficient (Wildman–Crippen LogP) is 3.81. The lowest BCUT2D eigenvalue weighted by atomic mass is 9.69. The quantitative estimate of drug-likeness (QED) is 0.217. The monoisotopic (exact) mass is 538 g/mol. The van der Waals surface area contributed by atoms with Crippen molar-refractivity contribution in [2.45, 2.75) is 50.7 Å². The number of hydrogen-bond acceptors (Lipinski definition) is 8. The van der Waals surface area contributed by atoms with Crippen molar-refractivity contribution in [1.82, 2.24) is 0 Å². The van der Waals surface area contributed by atoms with Gasteiger partial charge in [0.05, 0.1) is 20.8 Å². The molecule has 8 nitrogen and oxygen atoms in total. The van der Waals surface area contributed by atoms with E-state index in [1.807, 2.05) is 6.92 Å². The van der Waals surface area contributed by atoms with Crippen molar-refractivity contribution in [3.63, 3.8) is 0 Å². The van der Waals surface area contributed by atoms with Gasteiger partial charge in [-0.2, -0.15) is 0 Å². The summed E-state index contributed by atoms with van der Waals surface area (Å²) in [5, 5.41) is 33.3. The van der Waals surface area contributed by atoms with Crippen molar-refractivity contribution in [3.8, 4) is 11.5 Å². The zero-order valence-electron chi connectivity index (χ0n) is 22.9. The van der Waals surface area contributed by atoms with Crippen molar-refractivity contribution >= 4 is 29.5 Å². The third kappa shape index (κ3) is 7.29. The van der Waals surface area contributed by atoms with Crippen molar-refractivity contribution in [3.05, 3.63) is 71.8 Å². The maximum Gasteiger partial charge on any atom is 0.224 e. The second kappa shape index (κ2) is 14.5. The van der Waals surface area contributed by atoms with Crippen LogP contribution in [0.3, 0.4) is 0 Å².